The van der Waals surface area contributed by atoms with E-state index in [1.54, 1.807) is 58.8 Å². The van der Waals surface area contributed by atoms with Crippen LogP contribution in [0.15, 0.2) is 41.2 Å². The van der Waals surface area contributed by atoms with Crippen LogP contribution in [0.5, 0.6) is 0 Å². The number of rotatable bonds is 5. The number of likely N-dealkylation sites (N-methyl/N-ethyl adjacent to an activating group) is 1. The van der Waals surface area contributed by atoms with Crippen LogP contribution < -0.4 is 16.2 Å². The molecule has 3 heterocycles. The van der Waals surface area contributed by atoms with Crippen molar-refractivity contribution in [3.63, 3.8) is 0 Å². The minimum atomic E-state index is -0.229. The van der Waals surface area contributed by atoms with E-state index in [2.05, 4.69) is 10.6 Å². The van der Waals surface area contributed by atoms with Crippen LogP contribution in [0.2, 0.25) is 0 Å². The molecule has 0 spiro atoms. The van der Waals surface area contributed by atoms with Gasteiger partial charge in [-0.25, -0.2) is 4.79 Å². The lowest BCUT2D eigenvalue weighted by Crippen LogP contribution is -2.50. The molecule has 2 N–H and O–H groups in total. The number of Topliss-reactive ketones (excluding diaryl/α,β-unsaturated/α-hetero) is 1. The Hall–Kier alpha value is -3.46. The summed E-state index contributed by atoms with van der Waals surface area (Å²) in [5.41, 5.74) is 2.22. The first-order chi connectivity index (χ1) is 15.7. The van der Waals surface area contributed by atoms with Crippen molar-refractivity contribution in [3.8, 4) is 0 Å². The summed E-state index contributed by atoms with van der Waals surface area (Å²) < 4.78 is 1.75. The maximum Gasteiger partial charge on any atom is 0.321 e. The maximum atomic E-state index is 13.0. The van der Waals surface area contributed by atoms with Gasteiger partial charge < -0.3 is 25.0 Å². The second kappa shape index (κ2) is 9.19. The van der Waals surface area contributed by atoms with Gasteiger partial charge in [-0.1, -0.05) is 0 Å². The minimum absolute atomic E-state index is 0.0222. The van der Waals surface area contributed by atoms with E-state index >= 15 is 0 Å². The van der Waals surface area contributed by atoms with Crippen LogP contribution in [0.25, 0.3) is 0 Å². The number of amides is 3. The maximum absolute atomic E-state index is 13.0. The van der Waals surface area contributed by atoms with Crippen LogP contribution in [0.3, 0.4) is 0 Å². The molecule has 2 aliphatic heterocycles. The van der Waals surface area contributed by atoms with E-state index in [0.29, 0.717) is 30.9 Å². The van der Waals surface area contributed by atoms with Gasteiger partial charge in [0.15, 0.2) is 5.78 Å². The van der Waals surface area contributed by atoms with E-state index < -0.39 is 0 Å². The van der Waals surface area contributed by atoms with E-state index in [4.69, 9.17) is 0 Å². The summed E-state index contributed by atoms with van der Waals surface area (Å²) in [6.07, 6.45) is 0.920. The first-order valence-electron chi connectivity index (χ1n) is 11.1. The predicted octanol–water partition coefficient (Wildman–Crippen LogP) is 2.20. The zero-order valence-corrected chi connectivity index (χ0v) is 19.1. The zero-order valence-electron chi connectivity index (χ0n) is 19.1. The van der Waals surface area contributed by atoms with Crippen LogP contribution in [-0.2, 0) is 11.3 Å². The second-order valence-corrected chi connectivity index (χ2v) is 9.14. The molecule has 174 valence electrons. The van der Waals surface area contributed by atoms with Gasteiger partial charge in [-0.3, -0.25) is 14.4 Å². The number of aromatic nitrogens is 1. The zero-order chi connectivity index (χ0) is 23.7. The smallest absolute Gasteiger partial charge is 0.321 e. The Labute approximate surface area is 192 Å². The highest BCUT2D eigenvalue weighted by Gasteiger charge is 2.36. The molecule has 0 aliphatic carbocycles. The van der Waals surface area contributed by atoms with Gasteiger partial charge in [0, 0.05) is 42.5 Å². The average molecular weight is 452 g/mol. The monoisotopic (exact) mass is 451 g/mol. The number of ketones is 1. The Kier molecular flexibility index (Phi) is 6.33. The summed E-state index contributed by atoms with van der Waals surface area (Å²) in [7, 11) is 3.59. The van der Waals surface area contributed by atoms with Crippen molar-refractivity contribution in [1.29, 1.82) is 0 Å². The fourth-order valence-electron chi connectivity index (χ4n) is 4.67. The molecule has 9 nitrogen and oxygen atoms in total. The van der Waals surface area contributed by atoms with Gasteiger partial charge in [0.1, 0.15) is 5.69 Å². The number of likely N-dealkylation sites (tertiary alicyclic amines) is 1. The summed E-state index contributed by atoms with van der Waals surface area (Å²) in [4.78, 5) is 53.0. The molecule has 1 aromatic carbocycles. The normalized spacial score (nSPS) is 19.1. The van der Waals surface area contributed by atoms with Gasteiger partial charge in [0.25, 0.3) is 5.56 Å². The van der Waals surface area contributed by atoms with Gasteiger partial charge in [0.05, 0.1) is 6.54 Å². The van der Waals surface area contributed by atoms with E-state index in [1.807, 2.05) is 6.07 Å². The number of benzene rings is 1. The van der Waals surface area contributed by atoms with Crippen LogP contribution >= 0.6 is 0 Å². The number of hydrogen-bond acceptors (Lipinski definition) is 5. The molecule has 2 atom stereocenters. The van der Waals surface area contributed by atoms with E-state index in [-0.39, 0.29) is 47.3 Å². The largest absolute Gasteiger partial charge is 0.324 e. The Morgan fingerprint density at radius 3 is 2.39 bits per heavy atom. The van der Waals surface area contributed by atoms with Crippen molar-refractivity contribution in [2.45, 2.75) is 25.8 Å². The molecule has 3 amide bonds. The first-order valence-corrected chi connectivity index (χ1v) is 11.1. The third-order valence-electron chi connectivity index (χ3n) is 6.17. The lowest BCUT2D eigenvalue weighted by Gasteiger charge is -2.42. The molecular formula is C24H29N5O4. The molecule has 2 unspecified atom stereocenters. The third-order valence-corrected chi connectivity index (χ3v) is 6.17. The fraction of sp³-hybridized carbons (Fsp3) is 0.417. The Morgan fingerprint density at radius 2 is 1.73 bits per heavy atom. The number of carbonyl (C=O) groups excluding carboxylic acids is 3. The number of anilines is 2. The van der Waals surface area contributed by atoms with Crippen molar-refractivity contribution in [3.05, 3.63) is 58.0 Å². The van der Waals surface area contributed by atoms with Crippen LogP contribution in [0.4, 0.5) is 16.2 Å². The molecular weight excluding hydrogens is 422 g/mol. The number of carbonyl (C=O) groups is 3. The van der Waals surface area contributed by atoms with Gasteiger partial charge in [-0.2, -0.15) is 0 Å². The Balaban J connectivity index is 1.46. The molecule has 0 radical (unpaired) electrons. The summed E-state index contributed by atoms with van der Waals surface area (Å²) >= 11 is 0. The van der Waals surface area contributed by atoms with E-state index in [1.165, 1.54) is 6.92 Å². The molecule has 2 bridgehead atoms. The Morgan fingerprint density at radius 1 is 1.00 bits per heavy atom. The highest BCUT2D eigenvalue weighted by Crippen LogP contribution is 2.35. The van der Waals surface area contributed by atoms with Crippen LogP contribution in [0, 0.1) is 5.92 Å². The highest BCUT2D eigenvalue weighted by molar-refractivity contribution is 5.95. The van der Waals surface area contributed by atoms with Gasteiger partial charge in [0.2, 0.25) is 5.91 Å². The summed E-state index contributed by atoms with van der Waals surface area (Å²) in [6, 6.07) is 10.2. The number of piperidine rings is 1. The molecule has 1 fully saturated rings. The van der Waals surface area contributed by atoms with Crippen molar-refractivity contribution in [2.75, 3.05) is 44.4 Å². The molecule has 33 heavy (non-hydrogen) atoms. The standard InChI is InChI=1S/C24H29N5O4/c1-15(30)17-4-6-19(7-5-17)25-24(33)28-11-16-10-18(13-28)21-9-8-20(23(32)29(21)12-16)26-22(31)14-27(2)3/h4-9,16,18H,10-14H2,1-3H3,(H,25,33)(H,26,31). The molecule has 0 saturated carbocycles. The first kappa shape index (κ1) is 22.7. The molecule has 1 aromatic heterocycles. The van der Waals surface area contributed by atoms with Crippen molar-refractivity contribution < 1.29 is 14.4 Å². The van der Waals surface area contributed by atoms with Crippen LogP contribution in [-0.4, -0.2) is 65.8 Å². The highest BCUT2D eigenvalue weighted by atomic mass is 16.2. The number of fused-ring (bicyclic) bond motifs is 4. The number of hydrogen-bond donors (Lipinski definition) is 2. The summed E-state index contributed by atoms with van der Waals surface area (Å²) in [5.74, 6) is -0.0334. The molecule has 2 aromatic rings. The molecule has 1 saturated heterocycles. The summed E-state index contributed by atoms with van der Waals surface area (Å²) in [6.45, 7) is 3.29. The number of nitrogens with zero attached hydrogens (tertiary/aromatic N) is 3. The van der Waals surface area contributed by atoms with Crippen molar-refractivity contribution in [1.82, 2.24) is 14.4 Å². The second-order valence-electron chi connectivity index (χ2n) is 9.14. The van der Waals surface area contributed by atoms with Gasteiger partial charge in [-0.05, 0) is 69.8 Å². The van der Waals surface area contributed by atoms with Gasteiger partial charge >= 0.3 is 6.03 Å². The predicted molar refractivity (Wildman–Crippen MR) is 126 cm³/mol. The number of urea groups is 1. The molecule has 4 rings (SSSR count). The number of nitrogens with one attached hydrogen (secondary N) is 2. The van der Waals surface area contributed by atoms with Crippen LogP contribution in [0.1, 0.15) is 35.3 Å². The molecule has 9 heteroatoms. The SMILES string of the molecule is CC(=O)c1ccc(NC(=O)N2CC3CC(C2)c2ccc(NC(=O)CN(C)C)c(=O)n2C3)cc1. The summed E-state index contributed by atoms with van der Waals surface area (Å²) in [5, 5.41) is 5.62. The lowest BCUT2D eigenvalue weighted by molar-refractivity contribution is -0.116. The third kappa shape index (κ3) is 4.98. The Bertz CT molecular complexity index is 1140. The van der Waals surface area contributed by atoms with E-state index in [9.17, 15) is 19.2 Å². The fourth-order valence-corrected chi connectivity index (χ4v) is 4.67. The lowest BCUT2D eigenvalue weighted by atomic mass is 9.83. The van der Waals surface area contributed by atoms with Gasteiger partial charge in [-0.15, -0.1) is 0 Å². The van der Waals surface area contributed by atoms with Crippen molar-refractivity contribution >= 4 is 29.1 Å². The van der Waals surface area contributed by atoms with E-state index in [0.717, 1.165) is 12.1 Å². The topological polar surface area (TPSA) is 104 Å². The quantitative estimate of drug-likeness (QED) is 0.679. The van der Waals surface area contributed by atoms with Crippen molar-refractivity contribution in [2.24, 2.45) is 5.92 Å². The number of pyridine rings is 1. The average Bonchev–Trinajstić information content (AvgIpc) is 2.75. The minimum Gasteiger partial charge on any atom is -0.324 e. The molecule has 2 aliphatic rings.